The number of halogens is 1. The van der Waals surface area contributed by atoms with Gasteiger partial charge in [0.2, 0.25) is 0 Å². The van der Waals surface area contributed by atoms with E-state index in [1.54, 1.807) is 0 Å². The zero-order chi connectivity index (χ0) is 15.2. The highest BCUT2D eigenvalue weighted by molar-refractivity contribution is 9.10. The third-order valence-corrected chi connectivity index (χ3v) is 3.93. The maximum Gasteiger partial charge on any atom is 0.104 e. The average Bonchev–Trinajstić information content (AvgIpc) is 2.48. The fraction of sp³-hybridized carbons (Fsp3) is 0.294. The molecule has 2 aromatic rings. The molecule has 0 bridgehead atoms. The van der Waals surface area contributed by atoms with Crippen molar-refractivity contribution in [2.75, 3.05) is 20.2 Å². The number of hydrogen-bond donors (Lipinski definition) is 2. The van der Waals surface area contributed by atoms with E-state index in [2.05, 4.69) is 15.9 Å². The summed E-state index contributed by atoms with van der Waals surface area (Å²) in [5, 5.41) is 19.6. The molecule has 0 saturated carbocycles. The second kappa shape index (κ2) is 7.71. The molecule has 2 rings (SSSR count). The van der Waals surface area contributed by atoms with Gasteiger partial charge in [0, 0.05) is 17.6 Å². The molecule has 4 heteroatoms. The van der Waals surface area contributed by atoms with Crippen LogP contribution in [-0.4, -0.2) is 35.3 Å². The van der Waals surface area contributed by atoms with E-state index in [-0.39, 0.29) is 6.61 Å². The summed E-state index contributed by atoms with van der Waals surface area (Å²) in [4.78, 5) is 2.03. The maximum atomic E-state index is 10.6. The highest BCUT2D eigenvalue weighted by atomic mass is 79.9. The van der Waals surface area contributed by atoms with Gasteiger partial charge in [0.25, 0.3) is 0 Å². The monoisotopic (exact) mass is 349 g/mol. The van der Waals surface area contributed by atoms with E-state index in [0.717, 1.165) is 21.2 Å². The maximum absolute atomic E-state index is 10.6. The van der Waals surface area contributed by atoms with Crippen molar-refractivity contribution in [1.29, 1.82) is 0 Å². The molecule has 0 aliphatic rings. The van der Waals surface area contributed by atoms with Crippen LogP contribution in [0.2, 0.25) is 0 Å². The Morgan fingerprint density at radius 3 is 2.52 bits per heavy atom. The lowest BCUT2D eigenvalue weighted by atomic mass is 9.96. The van der Waals surface area contributed by atoms with E-state index < -0.39 is 6.10 Å². The van der Waals surface area contributed by atoms with Gasteiger partial charge in [-0.15, -0.1) is 0 Å². The van der Waals surface area contributed by atoms with Crippen molar-refractivity contribution in [2.24, 2.45) is 0 Å². The molecule has 2 N–H and O–H groups in total. The van der Waals surface area contributed by atoms with Gasteiger partial charge >= 0.3 is 0 Å². The first-order chi connectivity index (χ1) is 10.1. The summed E-state index contributed by atoms with van der Waals surface area (Å²) < 4.78 is 0.985. The zero-order valence-corrected chi connectivity index (χ0v) is 13.6. The molecule has 0 fully saturated rings. The van der Waals surface area contributed by atoms with E-state index in [4.69, 9.17) is 5.11 Å². The largest absolute Gasteiger partial charge is 0.395 e. The topological polar surface area (TPSA) is 43.7 Å². The molecule has 0 spiro atoms. The standard InChI is InChI=1S/C17H20BrNO2/c1-19(9-10-20)12-14-11-15(18)7-8-16(14)17(21)13-5-3-2-4-6-13/h2-8,11,17,20-21H,9-10,12H2,1H3. The Morgan fingerprint density at radius 2 is 1.86 bits per heavy atom. The van der Waals surface area contributed by atoms with Crippen molar-refractivity contribution in [3.63, 3.8) is 0 Å². The van der Waals surface area contributed by atoms with Gasteiger partial charge in [-0.1, -0.05) is 52.3 Å². The molecule has 0 aliphatic heterocycles. The van der Waals surface area contributed by atoms with Crippen molar-refractivity contribution in [1.82, 2.24) is 4.90 Å². The lowest BCUT2D eigenvalue weighted by Crippen LogP contribution is -2.22. The predicted molar refractivity (Wildman–Crippen MR) is 88.1 cm³/mol. The third kappa shape index (κ3) is 4.38. The fourth-order valence-electron chi connectivity index (χ4n) is 2.33. The smallest absolute Gasteiger partial charge is 0.104 e. The van der Waals surface area contributed by atoms with Crippen LogP contribution in [0.1, 0.15) is 22.8 Å². The Morgan fingerprint density at radius 1 is 1.14 bits per heavy atom. The number of nitrogens with zero attached hydrogens (tertiary/aromatic N) is 1. The highest BCUT2D eigenvalue weighted by Crippen LogP contribution is 2.28. The molecule has 1 unspecified atom stereocenters. The summed E-state index contributed by atoms with van der Waals surface area (Å²) in [7, 11) is 1.95. The lowest BCUT2D eigenvalue weighted by molar-refractivity contribution is 0.206. The third-order valence-electron chi connectivity index (χ3n) is 3.44. The first-order valence-corrected chi connectivity index (χ1v) is 7.72. The van der Waals surface area contributed by atoms with Crippen LogP contribution in [0.5, 0.6) is 0 Å². The molecular formula is C17H20BrNO2. The van der Waals surface area contributed by atoms with Crippen molar-refractivity contribution in [3.05, 3.63) is 69.7 Å². The molecule has 2 aromatic carbocycles. The van der Waals surface area contributed by atoms with Gasteiger partial charge in [-0.2, -0.15) is 0 Å². The second-order valence-electron chi connectivity index (χ2n) is 5.12. The van der Waals surface area contributed by atoms with E-state index in [1.165, 1.54) is 0 Å². The first kappa shape index (κ1) is 16.2. The molecule has 0 radical (unpaired) electrons. The van der Waals surface area contributed by atoms with Crippen LogP contribution in [0.3, 0.4) is 0 Å². The number of aliphatic hydroxyl groups excluding tert-OH is 2. The van der Waals surface area contributed by atoms with Gasteiger partial charge in [0.15, 0.2) is 0 Å². The Bertz CT molecular complexity index is 574. The number of benzene rings is 2. The van der Waals surface area contributed by atoms with Crippen LogP contribution in [0.15, 0.2) is 53.0 Å². The number of rotatable bonds is 6. The molecule has 0 saturated heterocycles. The molecule has 0 amide bonds. The van der Waals surface area contributed by atoms with Gasteiger partial charge in [-0.25, -0.2) is 0 Å². The summed E-state index contributed by atoms with van der Waals surface area (Å²) >= 11 is 3.48. The molecule has 1 atom stereocenters. The average molecular weight is 350 g/mol. The Kier molecular flexibility index (Phi) is 5.94. The van der Waals surface area contributed by atoms with Crippen LogP contribution in [0, 0.1) is 0 Å². The van der Waals surface area contributed by atoms with Gasteiger partial charge < -0.3 is 10.2 Å². The summed E-state index contributed by atoms with van der Waals surface area (Å²) in [5.41, 5.74) is 2.83. The first-order valence-electron chi connectivity index (χ1n) is 6.92. The summed E-state index contributed by atoms with van der Waals surface area (Å²) in [6.07, 6.45) is -0.642. The minimum atomic E-state index is -0.642. The SMILES string of the molecule is CN(CCO)Cc1cc(Br)ccc1C(O)c1ccccc1. The summed E-state index contributed by atoms with van der Waals surface area (Å²) in [6, 6.07) is 15.6. The van der Waals surface area contributed by atoms with Gasteiger partial charge in [-0.3, -0.25) is 4.90 Å². The fourth-order valence-corrected chi connectivity index (χ4v) is 2.74. The Hall–Kier alpha value is -1.20. The highest BCUT2D eigenvalue weighted by Gasteiger charge is 2.15. The molecule has 0 aliphatic carbocycles. The van der Waals surface area contributed by atoms with Crippen LogP contribution >= 0.6 is 15.9 Å². The molecule has 0 heterocycles. The van der Waals surface area contributed by atoms with Crippen molar-refractivity contribution < 1.29 is 10.2 Å². The Balaban J connectivity index is 2.30. The number of likely N-dealkylation sites (N-methyl/N-ethyl adjacent to an activating group) is 1. The lowest BCUT2D eigenvalue weighted by Gasteiger charge is -2.21. The van der Waals surface area contributed by atoms with E-state index >= 15 is 0 Å². The predicted octanol–water partition coefficient (Wildman–Crippen LogP) is 2.95. The molecule has 112 valence electrons. The van der Waals surface area contributed by atoms with Crippen molar-refractivity contribution in [3.8, 4) is 0 Å². The molecule has 0 aromatic heterocycles. The molecular weight excluding hydrogens is 330 g/mol. The number of aliphatic hydroxyl groups is 2. The van der Waals surface area contributed by atoms with Crippen LogP contribution < -0.4 is 0 Å². The minimum Gasteiger partial charge on any atom is -0.395 e. The van der Waals surface area contributed by atoms with E-state index in [1.807, 2.05) is 60.5 Å². The Labute approximate surface area is 134 Å². The van der Waals surface area contributed by atoms with Gasteiger partial charge in [0.05, 0.1) is 6.61 Å². The normalized spacial score (nSPS) is 12.6. The van der Waals surface area contributed by atoms with Gasteiger partial charge in [0.1, 0.15) is 6.10 Å². The van der Waals surface area contributed by atoms with Crippen molar-refractivity contribution in [2.45, 2.75) is 12.6 Å². The van der Waals surface area contributed by atoms with Crippen LogP contribution in [-0.2, 0) is 6.54 Å². The molecule has 3 nitrogen and oxygen atoms in total. The molecule has 21 heavy (non-hydrogen) atoms. The van der Waals surface area contributed by atoms with Crippen molar-refractivity contribution >= 4 is 15.9 Å². The summed E-state index contributed by atoms with van der Waals surface area (Å²) in [6.45, 7) is 1.41. The van der Waals surface area contributed by atoms with Gasteiger partial charge in [-0.05, 0) is 35.9 Å². The van der Waals surface area contributed by atoms with E-state index in [9.17, 15) is 5.11 Å². The number of hydrogen-bond acceptors (Lipinski definition) is 3. The minimum absolute atomic E-state index is 0.126. The van der Waals surface area contributed by atoms with Crippen LogP contribution in [0.25, 0.3) is 0 Å². The zero-order valence-electron chi connectivity index (χ0n) is 12.0. The van der Waals surface area contributed by atoms with E-state index in [0.29, 0.717) is 13.1 Å². The quantitative estimate of drug-likeness (QED) is 0.842. The summed E-state index contributed by atoms with van der Waals surface area (Å²) in [5.74, 6) is 0. The second-order valence-corrected chi connectivity index (χ2v) is 6.03. The van der Waals surface area contributed by atoms with Crippen LogP contribution in [0.4, 0.5) is 0 Å².